The van der Waals surface area contributed by atoms with Crippen LogP contribution in [-0.2, 0) is 0 Å². The largest absolute Gasteiger partial charge is 0.493 e. The third kappa shape index (κ3) is 3.35. The molecule has 1 amide bonds. The van der Waals surface area contributed by atoms with Crippen molar-refractivity contribution in [2.75, 3.05) is 6.61 Å². The van der Waals surface area contributed by atoms with Crippen LogP contribution in [0.15, 0.2) is 59.2 Å². The molecule has 0 aliphatic carbocycles. The highest BCUT2D eigenvalue weighted by Gasteiger charge is 2.24. The van der Waals surface area contributed by atoms with Gasteiger partial charge in [-0.2, -0.15) is 5.10 Å². The summed E-state index contributed by atoms with van der Waals surface area (Å²) in [5, 5.41) is 7.26. The Morgan fingerprint density at radius 1 is 1.27 bits per heavy atom. The van der Waals surface area contributed by atoms with E-state index in [0.29, 0.717) is 18.7 Å². The molecule has 4 rings (SSSR count). The van der Waals surface area contributed by atoms with Crippen molar-refractivity contribution in [3.8, 4) is 11.4 Å². The summed E-state index contributed by atoms with van der Waals surface area (Å²) in [6, 6.07) is 13.3. The highest BCUT2D eigenvalue weighted by atomic mass is 79.9. The molecule has 1 atom stereocenters. The zero-order valence-electron chi connectivity index (χ0n) is 13.7. The van der Waals surface area contributed by atoms with Crippen LogP contribution in [0.2, 0.25) is 0 Å². The van der Waals surface area contributed by atoms with Gasteiger partial charge in [-0.1, -0.05) is 22.0 Å². The van der Waals surface area contributed by atoms with Crippen LogP contribution in [0.3, 0.4) is 0 Å². The first-order valence-corrected chi connectivity index (χ1v) is 8.94. The van der Waals surface area contributed by atoms with Crippen molar-refractivity contribution in [2.24, 2.45) is 0 Å². The van der Waals surface area contributed by atoms with E-state index in [-0.39, 0.29) is 23.5 Å². The number of hydrogen-bond acceptors (Lipinski definition) is 3. The molecule has 0 fully saturated rings. The number of aromatic nitrogens is 2. The van der Waals surface area contributed by atoms with Crippen molar-refractivity contribution in [3.63, 3.8) is 0 Å². The quantitative estimate of drug-likeness (QED) is 0.702. The third-order valence-corrected chi connectivity index (χ3v) is 4.70. The summed E-state index contributed by atoms with van der Waals surface area (Å²) in [5.74, 6) is 0.140. The molecular formula is C19H15BrFN3O2. The SMILES string of the molecule is O=C(NC1CCOc2ccc(Br)cc21)c1ccn(-c2cccc(F)c2)n1. The van der Waals surface area contributed by atoms with E-state index < -0.39 is 0 Å². The van der Waals surface area contributed by atoms with Crippen LogP contribution >= 0.6 is 15.9 Å². The van der Waals surface area contributed by atoms with E-state index in [2.05, 4.69) is 26.3 Å². The molecule has 0 radical (unpaired) electrons. The standard InChI is InChI=1S/C19H15BrFN3O2/c20-12-4-5-18-15(10-12)16(7-9-26-18)22-19(25)17-6-8-24(23-17)14-3-1-2-13(21)11-14/h1-6,8,10-11,16H,7,9H2,(H,22,25). The maximum atomic E-state index is 13.4. The molecule has 3 aromatic rings. The highest BCUT2D eigenvalue weighted by Crippen LogP contribution is 2.34. The minimum atomic E-state index is -0.353. The van der Waals surface area contributed by atoms with E-state index in [1.807, 2.05) is 18.2 Å². The van der Waals surface area contributed by atoms with E-state index in [1.165, 1.54) is 16.8 Å². The van der Waals surface area contributed by atoms with Gasteiger partial charge in [-0.3, -0.25) is 4.79 Å². The molecule has 0 bridgehead atoms. The monoisotopic (exact) mass is 415 g/mol. The van der Waals surface area contributed by atoms with Crippen LogP contribution < -0.4 is 10.1 Å². The molecule has 7 heteroatoms. The fourth-order valence-corrected chi connectivity index (χ4v) is 3.33. The summed E-state index contributed by atoms with van der Waals surface area (Å²) in [5.41, 5.74) is 1.77. The van der Waals surface area contributed by atoms with Crippen molar-refractivity contribution >= 4 is 21.8 Å². The zero-order chi connectivity index (χ0) is 18.1. The van der Waals surface area contributed by atoms with Gasteiger partial charge in [-0.25, -0.2) is 9.07 Å². The van der Waals surface area contributed by atoms with Gasteiger partial charge < -0.3 is 10.1 Å². The van der Waals surface area contributed by atoms with E-state index in [0.717, 1.165) is 15.8 Å². The Morgan fingerprint density at radius 3 is 3.00 bits per heavy atom. The normalized spacial score (nSPS) is 15.8. The first-order chi connectivity index (χ1) is 12.6. The number of rotatable bonds is 3. The number of benzene rings is 2. The molecule has 1 N–H and O–H groups in total. The number of halogens is 2. The maximum absolute atomic E-state index is 13.4. The minimum Gasteiger partial charge on any atom is -0.493 e. The number of carbonyl (C=O) groups is 1. The number of fused-ring (bicyclic) bond motifs is 1. The van der Waals surface area contributed by atoms with Crippen molar-refractivity contribution in [2.45, 2.75) is 12.5 Å². The average molecular weight is 416 g/mol. The Morgan fingerprint density at radius 2 is 2.15 bits per heavy atom. The Kier molecular flexibility index (Phi) is 4.46. The lowest BCUT2D eigenvalue weighted by molar-refractivity contribution is 0.0919. The molecule has 5 nitrogen and oxygen atoms in total. The molecule has 2 heterocycles. The molecule has 0 saturated heterocycles. The first-order valence-electron chi connectivity index (χ1n) is 8.15. The maximum Gasteiger partial charge on any atom is 0.272 e. The Labute approximate surface area is 157 Å². The lowest BCUT2D eigenvalue weighted by Gasteiger charge is -2.26. The second-order valence-corrected chi connectivity index (χ2v) is 6.89. The Balaban J connectivity index is 1.54. The van der Waals surface area contributed by atoms with Crippen molar-refractivity contribution in [1.82, 2.24) is 15.1 Å². The first kappa shape index (κ1) is 16.8. The minimum absolute atomic E-state index is 0.150. The van der Waals surface area contributed by atoms with Crippen LogP contribution in [0.1, 0.15) is 28.5 Å². The van der Waals surface area contributed by atoms with Gasteiger partial charge in [0.1, 0.15) is 11.6 Å². The fraction of sp³-hybridized carbons (Fsp3) is 0.158. The average Bonchev–Trinajstić information content (AvgIpc) is 3.12. The summed E-state index contributed by atoms with van der Waals surface area (Å²) in [7, 11) is 0. The van der Waals surface area contributed by atoms with E-state index in [4.69, 9.17) is 4.74 Å². The summed E-state index contributed by atoms with van der Waals surface area (Å²) in [4.78, 5) is 12.6. The second kappa shape index (κ2) is 6.92. The van der Waals surface area contributed by atoms with Gasteiger partial charge in [0, 0.05) is 22.7 Å². The predicted octanol–water partition coefficient (Wildman–Crippen LogP) is 4.03. The molecule has 1 aliphatic rings. The van der Waals surface area contributed by atoms with Gasteiger partial charge in [-0.15, -0.1) is 0 Å². The van der Waals surface area contributed by atoms with E-state index in [1.54, 1.807) is 24.4 Å². The Bertz CT molecular complexity index is 973. The second-order valence-electron chi connectivity index (χ2n) is 5.97. The summed E-state index contributed by atoms with van der Waals surface area (Å²) in [6.07, 6.45) is 2.32. The van der Waals surface area contributed by atoms with Crippen LogP contribution in [0, 0.1) is 5.82 Å². The number of nitrogens with zero attached hydrogens (tertiary/aromatic N) is 2. The van der Waals surface area contributed by atoms with Crippen molar-refractivity contribution < 1.29 is 13.9 Å². The number of amides is 1. The third-order valence-electron chi connectivity index (χ3n) is 4.21. The summed E-state index contributed by atoms with van der Waals surface area (Å²) in [6.45, 7) is 0.539. The lowest BCUT2D eigenvalue weighted by atomic mass is 10.0. The number of nitrogens with one attached hydrogen (secondary N) is 1. The lowest BCUT2D eigenvalue weighted by Crippen LogP contribution is -2.32. The van der Waals surface area contributed by atoms with Gasteiger partial charge in [0.2, 0.25) is 0 Å². The van der Waals surface area contributed by atoms with Crippen LogP contribution in [0.25, 0.3) is 5.69 Å². The van der Waals surface area contributed by atoms with Crippen LogP contribution in [0.5, 0.6) is 5.75 Å². The highest BCUT2D eigenvalue weighted by molar-refractivity contribution is 9.10. The Hall–Kier alpha value is -2.67. The van der Waals surface area contributed by atoms with Gasteiger partial charge in [0.15, 0.2) is 5.69 Å². The number of carbonyl (C=O) groups excluding carboxylic acids is 1. The van der Waals surface area contributed by atoms with Gasteiger partial charge in [0.25, 0.3) is 5.91 Å². The molecule has 0 spiro atoms. The zero-order valence-corrected chi connectivity index (χ0v) is 15.2. The molecular weight excluding hydrogens is 401 g/mol. The predicted molar refractivity (Wildman–Crippen MR) is 98.0 cm³/mol. The van der Waals surface area contributed by atoms with Crippen molar-refractivity contribution in [1.29, 1.82) is 0 Å². The summed E-state index contributed by atoms with van der Waals surface area (Å²) >= 11 is 3.45. The van der Waals surface area contributed by atoms with Crippen LogP contribution in [0.4, 0.5) is 4.39 Å². The number of ether oxygens (including phenoxy) is 1. The van der Waals surface area contributed by atoms with Gasteiger partial charge in [0.05, 0.1) is 18.3 Å². The molecule has 26 heavy (non-hydrogen) atoms. The molecule has 1 aromatic heterocycles. The van der Waals surface area contributed by atoms with Crippen molar-refractivity contribution in [3.05, 3.63) is 76.3 Å². The molecule has 0 saturated carbocycles. The van der Waals surface area contributed by atoms with Gasteiger partial charge in [-0.05, 0) is 42.5 Å². The number of hydrogen-bond donors (Lipinski definition) is 1. The van der Waals surface area contributed by atoms with Crippen LogP contribution in [-0.4, -0.2) is 22.3 Å². The molecule has 1 aliphatic heterocycles. The van der Waals surface area contributed by atoms with Gasteiger partial charge >= 0.3 is 0 Å². The topological polar surface area (TPSA) is 56.1 Å². The fourth-order valence-electron chi connectivity index (χ4n) is 2.95. The molecule has 1 unspecified atom stereocenters. The van der Waals surface area contributed by atoms with E-state index >= 15 is 0 Å². The van der Waals surface area contributed by atoms with E-state index in [9.17, 15) is 9.18 Å². The smallest absolute Gasteiger partial charge is 0.272 e. The molecule has 132 valence electrons. The molecule has 2 aromatic carbocycles. The summed E-state index contributed by atoms with van der Waals surface area (Å²) < 4.78 is 21.4.